The largest absolute Gasteiger partial charge is 0.453 e. The molecule has 0 aliphatic carbocycles. The molecule has 2 aliphatic rings. The fraction of sp³-hybridized carbons (Fsp3) is 0.350. The Labute approximate surface area is 137 Å². The van der Waals surface area contributed by atoms with Crippen LogP contribution in [0.15, 0.2) is 47.5 Å². The van der Waals surface area contributed by atoms with Gasteiger partial charge in [-0.2, -0.15) is 0 Å². The molecule has 4 rings (SSSR count). The molecule has 0 unspecified atom stereocenters. The van der Waals surface area contributed by atoms with Gasteiger partial charge in [0.15, 0.2) is 11.5 Å². The molecule has 0 atom stereocenters. The van der Waals surface area contributed by atoms with Crippen molar-refractivity contribution in [3.8, 4) is 11.5 Å². The van der Waals surface area contributed by atoms with Gasteiger partial charge in [0.2, 0.25) is 0 Å². The molecule has 0 amide bonds. The third-order valence-electron chi connectivity index (χ3n) is 4.55. The Bertz CT molecular complexity index is 751. The van der Waals surface area contributed by atoms with Crippen LogP contribution in [-0.4, -0.2) is 12.4 Å². The summed E-state index contributed by atoms with van der Waals surface area (Å²) >= 11 is 0. The van der Waals surface area contributed by atoms with Crippen LogP contribution in [0.1, 0.15) is 38.2 Å². The van der Waals surface area contributed by atoms with Crippen molar-refractivity contribution >= 4 is 17.2 Å². The summed E-state index contributed by atoms with van der Waals surface area (Å²) in [6.07, 6.45) is 5.61. The molecule has 0 radical (unpaired) electrons. The summed E-state index contributed by atoms with van der Waals surface area (Å²) in [5.41, 5.74) is 3.54. The summed E-state index contributed by atoms with van der Waals surface area (Å²) in [5, 5.41) is 0. The van der Waals surface area contributed by atoms with Gasteiger partial charge in [-0.25, -0.2) is 0 Å². The van der Waals surface area contributed by atoms with Crippen LogP contribution < -0.4 is 9.64 Å². The molecule has 2 heterocycles. The highest BCUT2D eigenvalue weighted by molar-refractivity contribution is 6.08. The van der Waals surface area contributed by atoms with Crippen LogP contribution >= 0.6 is 0 Å². The predicted molar refractivity (Wildman–Crippen MR) is 95.2 cm³/mol. The molecule has 0 fully saturated rings. The molecule has 0 spiro atoms. The van der Waals surface area contributed by atoms with E-state index in [4.69, 9.17) is 9.73 Å². The van der Waals surface area contributed by atoms with Crippen molar-refractivity contribution in [3.05, 3.63) is 48.0 Å². The number of unbranched alkanes of at least 4 members (excludes halogenated alkanes) is 1. The molecule has 3 heteroatoms. The minimum atomic E-state index is 0.929. The highest BCUT2D eigenvalue weighted by atomic mass is 16.5. The monoisotopic (exact) mass is 306 g/mol. The second-order valence-corrected chi connectivity index (χ2v) is 6.18. The van der Waals surface area contributed by atoms with E-state index in [2.05, 4.69) is 48.2 Å². The number of hydrogen-bond donors (Lipinski definition) is 0. The smallest absolute Gasteiger partial charge is 0.154 e. The first-order valence-electron chi connectivity index (χ1n) is 8.60. The van der Waals surface area contributed by atoms with E-state index in [1.54, 1.807) is 0 Å². The van der Waals surface area contributed by atoms with Crippen LogP contribution in [0.4, 0.5) is 11.4 Å². The normalized spacial score (nSPS) is 15.7. The zero-order valence-electron chi connectivity index (χ0n) is 13.6. The van der Waals surface area contributed by atoms with Gasteiger partial charge in [0.05, 0.1) is 11.4 Å². The number of fused-ring (bicyclic) bond motifs is 2. The number of anilines is 2. The average Bonchev–Trinajstić information content (AvgIpc) is 3.12. The minimum Gasteiger partial charge on any atom is -0.453 e. The number of para-hydroxylation sites is 3. The van der Waals surface area contributed by atoms with Gasteiger partial charge >= 0.3 is 0 Å². The van der Waals surface area contributed by atoms with Crippen molar-refractivity contribution in [2.75, 3.05) is 11.4 Å². The molecule has 0 saturated carbocycles. The van der Waals surface area contributed by atoms with Crippen LogP contribution in [0.25, 0.3) is 0 Å². The molecule has 2 aromatic rings. The number of nitrogens with zero attached hydrogens (tertiary/aromatic N) is 2. The van der Waals surface area contributed by atoms with Crippen molar-refractivity contribution < 1.29 is 4.74 Å². The first-order chi connectivity index (χ1) is 11.4. The van der Waals surface area contributed by atoms with Crippen molar-refractivity contribution in [2.45, 2.75) is 39.0 Å². The van der Waals surface area contributed by atoms with Gasteiger partial charge in [-0.15, -0.1) is 0 Å². The Morgan fingerprint density at radius 3 is 2.78 bits per heavy atom. The number of hydrogen-bond acceptors (Lipinski definition) is 3. The first-order valence-corrected chi connectivity index (χ1v) is 8.60. The van der Waals surface area contributed by atoms with Crippen LogP contribution in [0.3, 0.4) is 0 Å². The molecule has 0 N–H and O–H groups in total. The molecule has 0 aromatic heterocycles. The lowest BCUT2D eigenvalue weighted by molar-refractivity contribution is 0.470. The fourth-order valence-electron chi connectivity index (χ4n) is 3.38. The van der Waals surface area contributed by atoms with Gasteiger partial charge in [0, 0.05) is 13.0 Å². The summed E-state index contributed by atoms with van der Waals surface area (Å²) < 4.78 is 6.30. The third-order valence-corrected chi connectivity index (χ3v) is 4.55. The topological polar surface area (TPSA) is 24.8 Å². The number of aryl methyl sites for hydroxylation is 1. The van der Waals surface area contributed by atoms with E-state index in [-0.39, 0.29) is 0 Å². The van der Waals surface area contributed by atoms with Crippen LogP contribution in [0.5, 0.6) is 11.5 Å². The fourth-order valence-corrected chi connectivity index (χ4v) is 3.38. The lowest BCUT2D eigenvalue weighted by atomic mass is 10.0. The molecule has 23 heavy (non-hydrogen) atoms. The summed E-state index contributed by atoms with van der Waals surface area (Å²) in [7, 11) is 0. The van der Waals surface area contributed by atoms with Gasteiger partial charge in [-0.3, -0.25) is 9.89 Å². The van der Waals surface area contributed by atoms with Crippen LogP contribution in [-0.2, 0) is 6.42 Å². The van der Waals surface area contributed by atoms with Gasteiger partial charge in [0.25, 0.3) is 0 Å². The maximum absolute atomic E-state index is 6.30. The maximum Gasteiger partial charge on any atom is 0.154 e. The predicted octanol–water partition coefficient (Wildman–Crippen LogP) is 5.47. The Morgan fingerprint density at radius 2 is 1.96 bits per heavy atom. The summed E-state index contributed by atoms with van der Waals surface area (Å²) in [4.78, 5) is 7.04. The van der Waals surface area contributed by atoms with Gasteiger partial charge in [0.1, 0.15) is 5.84 Å². The Balaban J connectivity index is 1.84. The van der Waals surface area contributed by atoms with Gasteiger partial charge in [-0.1, -0.05) is 37.6 Å². The van der Waals surface area contributed by atoms with E-state index < -0.39 is 0 Å². The molecule has 0 saturated heterocycles. The first kappa shape index (κ1) is 14.3. The molecule has 2 aromatic carbocycles. The second-order valence-electron chi connectivity index (χ2n) is 6.18. The molecule has 0 bridgehead atoms. The zero-order valence-corrected chi connectivity index (χ0v) is 13.6. The van der Waals surface area contributed by atoms with E-state index in [1.165, 1.54) is 18.4 Å². The lowest BCUT2D eigenvalue weighted by Gasteiger charge is -2.33. The van der Waals surface area contributed by atoms with Crippen molar-refractivity contribution in [1.82, 2.24) is 0 Å². The number of amidine groups is 1. The third kappa shape index (κ3) is 2.50. The zero-order chi connectivity index (χ0) is 15.6. The number of aliphatic imine (C=N–C) groups is 1. The highest BCUT2D eigenvalue weighted by Crippen LogP contribution is 2.49. The number of ether oxygens (including phenoxy) is 1. The number of rotatable bonds is 3. The van der Waals surface area contributed by atoms with Crippen molar-refractivity contribution in [3.63, 3.8) is 0 Å². The van der Waals surface area contributed by atoms with E-state index in [0.29, 0.717) is 0 Å². The molecule has 3 nitrogen and oxygen atoms in total. The van der Waals surface area contributed by atoms with E-state index in [1.807, 2.05) is 6.07 Å². The van der Waals surface area contributed by atoms with Crippen LogP contribution in [0, 0.1) is 0 Å². The van der Waals surface area contributed by atoms with Gasteiger partial charge in [-0.05, 0) is 43.0 Å². The number of benzene rings is 2. The summed E-state index contributed by atoms with van der Waals surface area (Å²) in [6, 6.07) is 14.8. The highest BCUT2D eigenvalue weighted by Gasteiger charge is 2.29. The van der Waals surface area contributed by atoms with Crippen LogP contribution in [0.2, 0.25) is 0 Å². The standard InChI is InChI=1S/C20H22N2O/c1-2-3-8-15-9-6-11-17-20(15)23-18-12-5-4-10-16(18)22(17)19-13-7-14-21-19/h4-6,9-12H,2-3,7-8,13-14H2,1H3. The van der Waals surface area contributed by atoms with Crippen molar-refractivity contribution in [2.24, 2.45) is 4.99 Å². The maximum atomic E-state index is 6.30. The minimum absolute atomic E-state index is 0.929. The Kier molecular flexibility index (Phi) is 3.78. The SMILES string of the molecule is CCCCc1cccc2c1Oc1ccccc1N2C1=NCCC1. The molecular formula is C20H22N2O. The molecule has 2 aliphatic heterocycles. The quantitative estimate of drug-likeness (QED) is 0.751. The Morgan fingerprint density at radius 1 is 1.09 bits per heavy atom. The molecule has 118 valence electrons. The van der Waals surface area contributed by atoms with E-state index >= 15 is 0 Å². The average molecular weight is 306 g/mol. The molecular weight excluding hydrogens is 284 g/mol. The van der Waals surface area contributed by atoms with Crippen molar-refractivity contribution in [1.29, 1.82) is 0 Å². The summed E-state index contributed by atoms with van der Waals surface area (Å²) in [6.45, 7) is 3.16. The second kappa shape index (κ2) is 6.07. The van der Waals surface area contributed by atoms with E-state index in [9.17, 15) is 0 Å². The lowest BCUT2D eigenvalue weighted by Crippen LogP contribution is -2.27. The van der Waals surface area contributed by atoms with Gasteiger partial charge < -0.3 is 4.74 Å². The van der Waals surface area contributed by atoms with E-state index in [0.717, 1.165) is 54.5 Å². The summed E-state index contributed by atoms with van der Waals surface area (Å²) in [5.74, 6) is 3.10. The Hall–Kier alpha value is -2.29.